The van der Waals surface area contributed by atoms with E-state index in [-0.39, 0.29) is 12.3 Å². The van der Waals surface area contributed by atoms with Crippen molar-refractivity contribution < 1.29 is 9.53 Å². The van der Waals surface area contributed by atoms with Gasteiger partial charge in [0.1, 0.15) is 10.8 Å². The highest BCUT2D eigenvalue weighted by Crippen LogP contribution is 2.25. The number of anilines is 1. The zero-order chi connectivity index (χ0) is 20.1. The molecule has 6 nitrogen and oxygen atoms in total. The second-order valence-electron chi connectivity index (χ2n) is 7.17. The Morgan fingerprint density at radius 1 is 1.21 bits per heavy atom. The zero-order valence-corrected chi connectivity index (χ0v) is 17.2. The Morgan fingerprint density at radius 3 is 2.76 bits per heavy atom. The number of hydrogen-bond acceptors (Lipinski definition) is 6. The van der Waals surface area contributed by atoms with E-state index in [1.165, 1.54) is 5.56 Å². The molecule has 29 heavy (non-hydrogen) atoms. The molecule has 1 aliphatic rings. The number of aryl methyl sites for hydroxylation is 1. The first-order chi connectivity index (χ1) is 14.2. The van der Waals surface area contributed by atoms with Crippen molar-refractivity contribution in [2.75, 3.05) is 31.6 Å². The Hall–Kier alpha value is -2.61. The van der Waals surface area contributed by atoms with Crippen molar-refractivity contribution >= 4 is 23.1 Å². The summed E-state index contributed by atoms with van der Waals surface area (Å²) in [7, 11) is 0. The molecule has 1 saturated heterocycles. The fraction of sp³-hybridized carbons (Fsp3) is 0.318. The molecule has 0 aliphatic carbocycles. The van der Waals surface area contributed by atoms with E-state index in [0.29, 0.717) is 5.82 Å². The van der Waals surface area contributed by atoms with Crippen LogP contribution >= 0.6 is 11.3 Å². The first-order valence-electron chi connectivity index (χ1n) is 9.72. The van der Waals surface area contributed by atoms with Crippen LogP contribution in [0.25, 0.3) is 10.6 Å². The average molecular weight is 409 g/mol. The number of benzene rings is 1. The Bertz CT molecular complexity index is 965. The summed E-state index contributed by atoms with van der Waals surface area (Å²) < 4.78 is 5.40. The molecule has 1 amide bonds. The van der Waals surface area contributed by atoms with Crippen LogP contribution in [0.2, 0.25) is 0 Å². The summed E-state index contributed by atoms with van der Waals surface area (Å²) in [4.78, 5) is 23.5. The van der Waals surface area contributed by atoms with Crippen LogP contribution in [0.4, 0.5) is 5.82 Å². The number of morpholine rings is 1. The van der Waals surface area contributed by atoms with E-state index < -0.39 is 0 Å². The van der Waals surface area contributed by atoms with Crippen LogP contribution in [0, 0.1) is 6.92 Å². The quantitative estimate of drug-likeness (QED) is 0.676. The monoisotopic (exact) mass is 408 g/mol. The molecule has 0 saturated carbocycles. The van der Waals surface area contributed by atoms with Gasteiger partial charge in [-0.05, 0) is 30.2 Å². The minimum absolute atomic E-state index is 0.110. The number of ether oxygens (including phenoxy) is 1. The molecule has 1 aromatic carbocycles. The molecule has 1 N–H and O–H groups in total. The van der Waals surface area contributed by atoms with Crippen LogP contribution in [0.1, 0.15) is 16.8 Å². The fourth-order valence-corrected chi connectivity index (χ4v) is 4.07. The predicted octanol–water partition coefficient (Wildman–Crippen LogP) is 3.53. The number of carbonyl (C=O) groups excluding carboxylic acids is 1. The summed E-state index contributed by atoms with van der Waals surface area (Å²) in [5.74, 6) is 0.460. The van der Waals surface area contributed by atoms with E-state index in [2.05, 4.69) is 44.5 Å². The molecule has 0 spiro atoms. The van der Waals surface area contributed by atoms with E-state index in [9.17, 15) is 4.79 Å². The number of nitrogens with one attached hydrogen (secondary N) is 1. The van der Waals surface area contributed by atoms with Gasteiger partial charge in [0.2, 0.25) is 5.91 Å². The number of hydrogen-bond donors (Lipinski definition) is 1. The van der Waals surface area contributed by atoms with Crippen LogP contribution in [0.15, 0.2) is 48.0 Å². The van der Waals surface area contributed by atoms with Crippen molar-refractivity contribution in [3.8, 4) is 10.6 Å². The highest BCUT2D eigenvalue weighted by Gasteiger charge is 2.12. The van der Waals surface area contributed by atoms with Crippen LogP contribution in [-0.2, 0) is 22.5 Å². The van der Waals surface area contributed by atoms with E-state index in [0.717, 1.165) is 54.7 Å². The van der Waals surface area contributed by atoms with E-state index >= 15 is 0 Å². The van der Waals surface area contributed by atoms with Crippen LogP contribution < -0.4 is 5.32 Å². The number of thiazole rings is 1. The lowest BCUT2D eigenvalue weighted by atomic mass is 10.1. The molecular formula is C22H24N4O2S. The maximum Gasteiger partial charge on any atom is 0.231 e. The Labute approximate surface area is 174 Å². The van der Waals surface area contributed by atoms with Gasteiger partial charge in [-0.15, -0.1) is 11.3 Å². The zero-order valence-electron chi connectivity index (χ0n) is 16.4. The van der Waals surface area contributed by atoms with Gasteiger partial charge in [0.05, 0.1) is 25.3 Å². The smallest absolute Gasteiger partial charge is 0.231 e. The first kappa shape index (κ1) is 19.7. The number of amides is 1. The number of aromatic nitrogens is 2. The summed E-state index contributed by atoms with van der Waals surface area (Å²) >= 11 is 1.56. The highest BCUT2D eigenvalue weighted by atomic mass is 32.1. The molecule has 0 unspecified atom stereocenters. The number of rotatable bonds is 6. The summed E-state index contributed by atoms with van der Waals surface area (Å²) in [5, 5.41) is 5.70. The molecule has 1 fully saturated rings. The summed E-state index contributed by atoms with van der Waals surface area (Å²) in [6.07, 6.45) is 1.93. The SMILES string of the molecule is Cc1ccnc(NC(=O)Cc2csc(-c3ccc(CN4CCOCC4)cc3)n2)c1. The maximum absolute atomic E-state index is 12.3. The van der Waals surface area contributed by atoms with Crippen molar-refractivity contribution in [2.45, 2.75) is 19.9 Å². The van der Waals surface area contributed by atoms with Gasteiger partial charge < -0.3 is 10.1 Å². The standard InChI is InChI=1S/C22H24N4O2S/c1-16-6-7-23-20(12-16)25-21(27)13-19-15-29-22(24-19)18-4-2-17(3-5-18)14-26-8-10-28-11-9-26/h2-7,12,15H,8-11,13-14H2,1H3,(H,23,25,27). The summed E-state index contributed by atoms with van der Waals surface area (Å²) in [6, 6.07) is 12.3. The van der Waals surface area contributed by atoms with Crippen molar-refractivity contribution in [3.63, 3.8) is 0 Å². The van der Waals surface area contributed by atoms with Gasteiger partial charge in [-0.3, -0.25) is 9.69 Å². The lowest BCUT2D eigenvalue weighted by Gasteiger charge is -2.26. The predicted molar refractivity (Wildman–Crippen MR) is 115 cm³/mol. The van der Waals surface area contributed by atoms with Gasteiger partial charge in [0, 0.05) is 36.8 Å². The molecule has 0 atom stereocenters. The second-order valence-corrected chi connectivity index (χ2v) is 8.03. The van der Waals surface area contributed by atoms with Crippen molar-refractivity contribution in [2.24, 2.45) is 0 Å². The second kappa shape index (κ2) is 9.26. The normalized spacial score (nSPS) is 14.7. The molecule has 150 valence electrons. The minimum Gasteiger partial charge on any atom is -0.379 e. The lowest BCUT2D eigenvalue weighted by Crippen LogP contribution is -2.35. The van der Waals surface area contributed by atoms with E-state index in [1.807, 2.05) is 24.4 Å². The molecule has 7 heteroatoms. The first-order valence-corrected chi connectivity index (χ1v) is 10.6. The average Bonchev–Trinajstić information content (AvgIpc) is 3.17. The third-order valence-corrected chi connectivity index (χ3v) is 5.73. The molecular weight excluding hydrogens is 384 g/mol. The van der Waals surface area contributed by atoms with Crippen LogP contribution in [0.3, 0.4) is 0 Å². The molecule has 2 aromatic heterocycles. The Morgan fingerprint density at radius 2 is 2.00 bits per heavy atom. The van der Waals surface area contributed by atoms with E-state index in [1.54, 1.807) is 17.5 Å². The van der Waals surface area contributed by atoms with Crippen molar-refractivity contribution in [1.82, 2.24) is 14.9 Å². The molecule has 3 aromatic rings. The third kappa shape index (κ3) is 5.47. The third-order valence-electron chi connectivity index (χ3n) is 4.79. The number of nitrogens with zero attached hydrogens (tertiary/aromatic N) is 3. The Kier molecular flexibility index (Phi) is 6.29. The fourth-order valence-electron chi connectivity index (χ4n) is 3.25. The number of pyridine rings is 1. The molecule has 1 aliphatic heterocycles. The van der Waals surface area contributed by atoms with Crippen molar-refractivity contribution in [3.05, 3.63) is 64.8 Å². The number of carbonyl (C=O) groups is 1. The molecule has 3 heterocycles. The largest absolute Gasteiger partial charge is 0.379 e. The van der Waals surface area contributed by atoms with Crippen LogP contribution in [0.5, 0.6) is 0 Å². The van der Waals surface area contributed by atoms with E-state index in [4.69, 9.17) is 4.74 Å². The highest BCUT2D eigenvalue weighted by molar-refractivity contribution is 7.13. The maximum atomic E-state index is 12.3. The molecule has 4 rings (SSSR count). The van der Waals surface area contributed by atoms with Gasteiger partial charge in [0.25, 0.3) is 0 Å². The summed E-state index contributed by atoms with van der Waals surface area (Å²) in [5.41, 5.74) is 4.20. The van der Waals surface area contributed by atoms with Gasteiger partial charge in [-0.2, -0.15) is 0 Å². The lowest BCUT2D eigenvalue weighted by molar-refractivity contribution is -0.115. The van der Waals surface area contributed by atoms with Gasteiger partial charge in [-0.1, -0.05) is 24.3 Å². The van der Waals surface area contributed by atoms with Gasteiger partial charge in [-0.25, -0.2) is 9.97 Å². The van der Waals surface area contributed by atoms with Gasteiger partial charge >= 0.3 is 0 Å². The minimum atomic E-state index is -0.110. The van der Waals surface area contributed by atoms with Crippen LogP contribution in [-0.4, -0.2) is 47.1 Å². The summed E-state index contributed by atoms with van der Waals surface area (Å²) in [6.45, 7) is 6.51. The van der Waals surface area contributed by atoms with Gasteiger partial charge in [0.15, 0.2) is 0 Å². The molecule has 0 radical (unpaired) electrons. The Balaban J connectivity index is 1.35. The topological polar surface area (TPSA) is 67.4 Å². The molecule has 0 bridgehead atoms. The van der Waals surface area contributed by atoms with Crippen molar-refractivity contribution in [1.29, 1.82) is 0 Å².